The van der Waals surface area contributed by atoms with Crippen molar-refractivity contribution in [2.75, 3.05) is 6.61 Å². The number of hydrogen-bond donors (Lipinski definition) is 2. The third-order valence-electron chi connectivity index (χ3n) is 3.18. The lowest BCUT2D eigenvalue weighted by Crippen LogP contribution is -2.44. The maximum atomic E-state index is 9.80. The summed E-state index contributed by atoms with van der Waals surface area (Å²) in [6.07, 6.45) is 1.65. The number of aliphatic hydroxyl groups is 1. The van der Waals surface area contributed by atoms with Gasteiger partial charge in [0.05, 0.1) is 12.1 Å². The monoisotopic (exact) mass is 432 g/mol. The summed E-state index contributed by atoms with van der Waals surface area (Å²) in [5, 5.41) is 9.80. The van der Waals surface area contributed by atoms with E-state index in [9.17, 15) is 5.11 Å². The summed E-state index contributed by atoms with van der Waals surface area (Å²) < 4.78 is 7.59. The van der Waals surface area contributed by atoms with Crippen LogP contribution >= 0.6 is 38.5 Å². The van der Waals surface area contributed by atoms with Gasteiger partial charge in [0, 0.05) is 25.4 Å². The Morgan fingerprint density at radius 3 is 2.89 bits per heavy atom. The number of hydrogen-bond acceptors (Lipinski definition) is 4. The number of aliphatic hydroxyl groups excluding tert-OH is 1. The van der Waals surface area contributed by atoms with Gasteiger partial charge in [-0.05, 0) is 62.8 Å². The van der Waals surface area contributed by atoms with Crippen molar-refractivity contribution in [1.29, 1.82) is 0 Å². The smallest absolute Gasteiger partial charge is 0.224 e. The molecular weight excluding hydrogens is 423 g/mol. The molecule has 3 N–H and O–H groups in total. The second kappa shape index (κ2) is 4.69. The minimum atomic E-state index is -0.999. The number of benzene rings is 1. The highest BCUT2D eigenvalue weighted by atomic mass is 127. The van der Waals surface area contributed by atoms with E-state index in [1.807, 2.05) is 24.3 Å². The lowest BCUT2D eigenvalue weighted by molar-refractivity contribution is 0.210. The third-order valence-corrected chi connectivity index (χ3v) is 4.28. The number of nitrogens with two attached hydrogens (primary N) is 1. The quantitative estimate of drug-likeness (QED) is 0.680. The molecule has 4 nitrogen and oxygen atoms in total. The van der Waals surface area contributed by atoms with Crippen LogP contribution < -0.4 is 10.5 Å². The lowest BCUT2D eigenvalue weighted by atomic mass is 9.83. The number of fused-ring (bicyclic) bond motifs is 2. The Kier molecular flexibility index (Phi) is 3.28. The van der Waals surface area contributed by atoms with Gasteiger partial charge >= 0.3 is 0 Å². The maximum Gasteiger partial charge on any atom is 0.224 e. The van der Waals surface area contributed by atoms with E-state index in [0.717, 1.165) is 13.6 Å². The van der Waals surface area contributed by atoms with Crippen molar-refractivity contribution in [3.05, 3.63) is 49.6 Å². The van der Waals surface area contributed by atoms with Crippen LogP contribution in [0.4, 0.5) is 0 Å². The van der Waals surface area contributed by atoms with Crippen molar-refractivity contribution in [3.63, 3.8) is 0 Å². The van der Waals surface area contributed by atoms with E-state index in [4.69, 9.17) is 10.5 Å². The molecule has 0 saturated heterocycles. The van der Waals surface area contributed by atoms with Gasteiger partial charge in [0.25, 0.3) is 0 Å². The molecule has 0 amide bonds. The van der Waals surface area contributed by atoms with E-state index in [-0.39, 0.29) is 6.61 Å². The molecule has 1 aromatic heterocycles. The van der Waals surface area contributed by atoms with E-state index >= 15 is 0 Å². The molecule has 0 aliphatic carbocycles. The highest BCUT2D eigenvalue weighted by Crippen LogP contribution is 2.45. The molecule has 6 heteroatoms. The van der Waals surface area contributed by atoms with Crippen LogP contribution in [-0.4, -0.2) is 16.7 Å². The fraction of sp³-hybridized carbons (Fsp3) is 0.154. The number of ether oxygens (including phenoxy) is 1. The Hall–Kier alpha value is -0.700. The van der Waals surface area contributed by atoms with E-state index in [0.29, 0.717) is 17.2 Å². The Morgan fingerprint density at radius 2 is 2.16 bits per heavy atom. The van der Waals surface area contributed by atoms with Crippen LogP contribution in [0.5, 0.6) is 11.6 Å². The average molecular weight is 433 g/mol. The Balaban J connectivity index is 2.29. The van der Waals surface area contributed by atoms with E-state index in [1.165, 1.54) is 0 Å². The number of rotatable bonds is 1. The summed E-state index contributed by atoms with van der Waals surface area (Å²) in [6.45, 7) is -0.214. The highest BCUT2D eigenvalue weighted by molar-refractivity contribution is 14.1. The third kappa shape index (κ3) is 2.06. The zero-order valence-corrected chi connectivity index (χ0v) is 13.5. The Bertz CT molecular complexity index is 612. The van der Waals surface area contributed by atoms with Crippen LogP contribution in [0.2, 0.25) is 0 Å². The van der Waals surface area contributed by atoms with Gasteiger partial charge in [-0.15, -0.1) is 0 Å². The van der Waals surface area contributed by atoms with Gasteiger partial charge in [0.15, 0.2) is 0 Å². The molecule has 98 valence electrons. The van der Waals surface area contributed by atoms with Gasteiger partial charge in [-0.2, -0.15) is 0 Å². The van der Waals surface area contributed by atoms with Crippen LogP contribution in [-0.2, 0) is 5.54 Å². The molecule has 1 unspecified atom stereocenters. The van der Waals surface area contributed by atoms with Gasteiger partial charge in [-0.1, -0.05) is 0 Å². The molecule has 0 spiro atoms. The number of halogens is 2. The molecule has 1 aliphatic rings. The van der Waals surface area contributed by atoms with Gasteiger partial charge in [-0.25, -0.2) is 4.98 Å². The van der Waals surface area contributed by atoms with Gasteiger partial charge in [0.1, 0.15) is 5.75 Å². The minimum Gasteiger partial charge on any atom is -0.438 e. The van der Waals surface area contributed by atoms with Crippen molar-refractivity contribution < 1.29 is 9.84 Å². The standard InChI is InChI=1S/C13H10BrIN2O2/c14-7-3-10-12(17-5-7)19-11-2-1-8(15)4-9(11)13(10,16)6-18/h1-5,18H,6,16H2. The van der Waals surface area contributed by atoms with Gasteiger partial charge in [-0.3, -0.25) is 0 Å². The van der Waals surface area contributed by atoms with Crippen LogP contribution in [0, 0.1) is 3.57 Å². The van der Waals surface area contributed by atoms with Crippen molar-refractivity contribution in [2.24, 2.45) is 5.73 Å². The Labute approximate surface area is 132 Å². The zero-order chi connectivity index (χ0) is 13.6. The number of nitrogens with zero attached hydrogens (tertiary/aromatic N) is 1. The fourth-order valence-corrected chi connectivity index (χ4v) is 3.01. The van der Waals surface area contributed by atoms with Gasteiger partial charge < -0.3 is 15.6 Å². The molecule has 0 radical (unpaired) electrons. The van der Waals surface area contributed by atoms with Crippen molar-refractivity contribution in [2.45, 2.75) is 5.54 Å². The van der Waals surface area contributed by atoms with Crippen molar-refractivity contribution in [3.8, 4) is 11.6 Å². The number of pyridine rings is 1. The molecule has 1 atom stereocenters. The molecule has 1 aromatic carbocycles. The van der Waals surface area contributed by atoms with Crippen LogP contribution in [0.1, 0.15) is 11.1 Å². The first kappa shape index (κ1) is 13.3. The fourth-order valence-electron chi connectivity index (χ4n) is 2.19. The largest absolute Gasteiger partial charge is 0.438 e. The highest BCUT2D eigenvalue weighted by Gasteiger charge is 2.39. The Morgan fingerprint density at radius 1 is 1.37 bits per heavy atom. The van der Waals surface area contributed by atoms with E-state index in [2.05, 4.69) is 43.5 Å². The molecule has 0 bridgehead atoms. The van der Waals surface area contributed by atoms with Crippen LogP contribution in [0.3, 0.4) is 0 Å². The second-order valence-electron chi connectivity index (χ2n) is 4.38. The molecule has 19 heavy (non-hydrogen) atoms. The summed E-state index contributed by atoms with van der Waals surface area (Å²) in [6, 6.07) is 7.54. The lowest BCUT2D eigenvalue weighted by Gasteiger charge is -2.35. The summed E-state index contributed by atoms with van der Waals surface area (Å²) in [4.78, 5) is 4.22. The normalized spacial score (nSPS) is 20.4. The zero-order valence-electron chi connectivity index (χ0n) is 9.73. The predicted octanol–water partition coefficient (Wildman–Crippen LogP) is 2.75. The van der Waals surface area contributed by atoms with Crippen LogP contribution in [0.15, 0.2) is 34.9 Å². The molecule has 2 heterocycles. The summed E-state index contributed by atoms with van der Waals surface area (Å²) in [5.74, 6) is 1.08. The summed E-state index contributed by atoms with van der Waals surface area (Å²) >= 11 is 5.58. The molecule has 2 aromatic rings. The second-order valence-corrected chi connectivity index (χ2v) is 6.54. The first-order valence-electron chi connectivity index (χ1n) is 5.58. The predicted molar refractivity (Wildman–Crippen MR) is 83.2 cm³/mol. The molecule has 1 aliphatic heterocycles. The first-order valence-corrected chi connectivity index (χ1v) is 7.45. The first-order chi connectivity index (χ1) is 9.04. The summed E-state index contributed by atoms with van der Waals surface area (Å²) in [5.41, 5.74) is 6.88. The van der Waals surface area contributed by atoms with E-state index < -0.39 is 5.54 Å². The minimum absolute atomic E-state index is 0.214. The van der Waals surface area contributed by atoms with Crippen molar-refractivity contribution in [1.82, 2.24) is 4.98 Å². The van der Waals surface area contributed by atoms with E-state index in [1.54, 1.807) is 6.20 Å². The SMILES string of the molecule is NC1(CO)c2cc(I)ccc2Oc2ncc(Br)cc21. The van der Waals surface area contributed by atoms with Crippen molar-refractivity contribution >= 4 is 38.5 Å². The molecule has 0 fully saturated rings. The maximum absolute atomic E-state index is 9.80. The number of aromatic nitrogens is 1. The topological polar surface area (TPSA) is 68.4 Å². The van der Waals surface area contributed by atoms with Gasteiger partial charge in [0.2, 0.25) is 5.88 Å². The molecule has 0 saturated carbocycles. The summed E-state index contributed by atoms with van der Waals surface area (Å²) in [7, 11) is 0. The van der Waals surface area contributed by atoms with Crippen LogP contribution in [0.25, 0.3) is 0 Å². The molecule has 3 rings (SSSR count). The molecular formula is C13H10BrIN2O2. The average Bonchev–Trinajstić information content (AvgIpc) is 2.41.